The van der Waals surface area contributed by atoms with Gasteiger partial charge in [-0.05, 0) is 24.6 Å². The van der Waals surface area contributed by atoms with Crippen LogP contribution in [0.3, 0.4) is 0 Å². The molecule has 2 aromatic heterocycles. The lowest BCUT2D eigenvalue weighted by atomic mass is 10.2. The van der Waals surface area contributed by atoms with Gasteiger partial charge in [-0.1, -0.05) is 17.7 Å². The van der Waals surface area contributed by atoms with E-state index in [-0.39, 0.29) is 16.3 Å². The lowest BCUT2D eigenvalue weighted by Crippen LogP contribution is -2.18. The van der Waals surface area contributed by atoms with E-state index >= 15 is 0 Å². The number of aryl methyl sites for hydroxylation is 1. The van der Waals surface area contributed by atoms with Gasteiger partial charge in [0.1, 0.15) is 10.8 Å². The van der Waals surface area contributed by atoms with Crippen LogP contribution in [0, 0.1) is 6.92 Å². The molecule has 0 saturated carbocycles. The molecular weight excluding hydrogens is 268 g/mol. The highest BCUT2D eigenvalue weighted by molar-refractivity contribution is 6.31. The Morgan fingerprint density at radius 2 is 2.26 bits per heavy atom. The first-order chi connectivity index (χ1) is 9.04. The second-order valence-electron chi connectivity index (χ2n) is 3.86. The van der Waals surface area contributed by atoms with Crippen molar-refractivity contribution < 1.29 is 9.53 Å². The molecule has 6 heteroatoms. The summed E-state index contributed by atoms with van der Waals surface area (Å²) in [6.45, 7) is 1.84. The maximum atomic E-state index is 12.2. The maximum Gasteiger partial charge on any atom is 0.330 e. The van der Waals surface area contributed by atoms with Gasteiger partial charge in [0, 0.05) is 12.3 Å². The van der Waals surface area contributed by atoms with E-state index in [4.69, 9.17) is 11.6 Å². The molecule has 5 nitrogen and oxygen atoms in total. The van der Waals surface area contributed by atoms with E-state index in [1.54, 1.807) is 12.3 Å². The van der Waals surface area contributed by atoms with Gasteiger partial charge in [-0.15, -0.1) is 0 Å². The SMILES string of the molecule is COC(=O)/C=C/c1c(Cl)nc2c(C)cccn2c1=O. The summed E-state index contributed by atoms with van der Waals surface area (Å²) in [7, 11) is 1.25. The van der Waals surface area contributed by atoms with Crippen molar-refractivity contribution in [2.75, 3.05) is 7.11 Å². The number of fused-ring (bicyclic) bond motifs is 1. The number of halogens is 1. The fourth-order valence-corrected chi connectivity index (χ4v) is 1.87. The maximum absolute atomic E-state index is 12.2. The van der Waals surface area contributed by atoms with Crippen molar-refractivity contribution in [3.63, 3.8) is 0 Å². The van der Waals surface area contributed by atoms with Crippen LogP contribution in [0.5, 0.6) is 0 Å². The highest BCUT2D eigenvalue weighted by atomic mass is 35.5. The Kier molecular flexibility index (Phi) is 3.66. The van der Waals surface area contributed by atoms with Crippen LogP contribution in [0.25, 0.3) is 11.7 Å². The van der Waals surface area contributed by atoms with E-state index in [0.29, 0.717) is 5.65 Å². The largest absolute Gasteiger partial charge is 0.466 e. The number of ether oxygens (including phenoxy) is 1. The number of rotatable bonds is 2. The zero-order chi connectivity index (χ0) is 14.0. The van der Waals surface area contributed by atoms with Crippen molar-refractivity contribution in [3.05, 3.63) is 51.0 Å². The Labute approximate surface area is 114 Å². The summed E-state index contributed by atoms with van der Waals surface area (Å²) in [5.41, 5.74) is 1.15. The number of carbonyl (C=O) groups excluding carboxylic acids is 1. The number of carbonyl (C=O) groups is 1. The normalized spacial score (nSPS) is 11.1. The molecule has 0 amide bonds. The Morgan fingerprint density at radius 3 is 2.95 bits per heavy atom. The summed E-state index contributed by atoms with van der Waals surface area (Å²) in [5, 5.41) is 0.0550. The predicted octanol–water partition coefficient (Wildman–Crippen LogP) is 1.84. The quantitative estimate of drug-likeness (QED) is 0.478. The van der Waals surface area contributed by atoms with Crippen molar-refractivity contribution in [2.24, 2.45) is 0 Å². The van der Waals surface area contributed by atoms with Crippen LogP contribution >= 0.6 is 11.6 Å². The molecule has 0 unspecified atom stereocenters. The molecule has 0 aliphatic rings. The molecule has 2 heterocycles. The monoisotopic (exact) mass is 278 g/mol. The van der Waals surface area contributed by atoms with E-state index in [1.165, 1.54) is 17.6 Å². The molecule has 19 heavy (non-hydrogen) atoms. The standard InChI is InChI=1S/C13H11ClN2O3/c1-8-4-3-7-16-12(8)15-11(14)9(13(16)18)5-6-10(17)19-2/h3-7H,1-2H3/b6-5+. The summed E-state index contributed by atoms with van der Waals surface area (Å²) in [4.78, 5) is 27.4. The highest BCUT2D eigenvalue weighted by Gasteiger charge is 2.10. The number of pyridine rings is 1. The summed E-state index contributed by atoms with van der Waals surface area (Å²) >= 11 is 5.98. The summed E-state index contributed by atoms with van der Waals surface area (Å²) in [6.07, 6.45) is 4.04. The molecule has 98 valence electrons. The third kappa shape index (κ3) is 2.51. The van der Waals surface area contributed by atoms with Gasteiger partial charge in [-0.3, -0.25) is 9.20 Å². The summed E-state index contributed by atoms with van der Waals surface area (Å²) in [6, 6.07) is 3.58. The van der Waals surface area contributed by atoms with Crippen molar-refractivity contribution in [1.82, 2.24) is 9.38 Å². The molecule has 0 N–H and O–H groups in total. The molecule has 0 aromatic carbocycles. The zero-order valence-corrected chi connectivity index (χ0v) is 11.1. The van der Waals surface area contributed by atoms with Crippen molar-refractivity contribution in [1.29, 1.82) is 0 Å². The fraction of sp³-hybridized carbons (Fsp3) is 0.154. The fourth-order valence-electron chi connectivity index (χ4n) is 1.65. The van der Waals surface area contributed by atoms with Gasteiger partial charge < -0.3 is 4.74 Å². The summed E-state index contributed by atoms with van der Waals surface area (Å²) < 4.78 is 5.85. The van der Waals surface area contributed by atoms with E-state index in [1.807, 2.05) is 13.0 Å². The van der Waals surface area contributed by atoms with E-state index in [9.17, 15) is 9.59 Å². The Hall–Kier alpha value is -2.14. The smallest absolute Gasteiger partial charge is 0.330 e. The van der Waals surface area contributed by atoms with Crippen LogP contribution in [-0.2, 0) is 9.53 Å². The van der Waals surface area contributed by atoms with Crippen molar-refractivity contribution >= 4 is 29.3 Å². The molecule has 0 aliphatic heterocycles. The van der Waals surface area contributed by atoms with Crippen LogP contribution in [0.4, 0.5) is 0 Å². The number of methoxy groups -OCH3 is 1. The van der Waals surface area contributed by atoms with Gasteiger partial charge in [-0.2, -0.15) is 0 Å². The molecule has 2 aromatic rings. The van der Waals surface area contributed by atoms with E-state index in [0.717, 1.165) is 11.6 Å². The second-order valence-corrected chi connectivity index (χ2v) is 4.22. The molecule has 0 spiro atoms. The van der Waals surface area contributed by atoms with Gasteiger partial charge >= 0.3 is 5.97 Å². The van der Waals surface area contributed by atoms with Crippen molar-refractivity contribution in [2.45, 2.75) is 6.92 Å². The lowest BCUT2D eigenvalue weighted by Gasteiger charge is -2.05. The lowest BCUT2D eigenvalue weighted by molar-refractivity contribution is -0.134. The molecule has 0 aliphatic carbocycles. The van der Waals surface area contributed by atoms with Crippen molar-refractivity contribution in [3.8, 4) is 0 Å². The van der Waals surface area contributed by atoms with Gasteiger partial charge in [0.15, 0.2) is 0 Å². The molecule has 0 radical (unpaired) electrons. The third-order valence-corrected chi connectivity index (χ3v) is 2.91. The first-order valence-corrected chi connectivity index (χ1v) is 5.86. The Balaban J connectivity index is 2.67. The number of hydrogen-bond donors (Lipinski definition) is 0. The molecule has 0 saturated heterocycles. The van der Waals surface area contributed by atoms with Crippen LogP contribution in [0.15, 0.2) is 29.2 Å². The first-order valence-electron chi connectivity index (χ1n) is 5.48. The number of hydrogen-bond acceptors (Lipinski definition) is 4. The van der Waals surface area contributed by atoms with Crippen LogP contribution in [0.2, 0.25) is 5.15 Å². The van der Waals surface area contributed by atoms with Crippen LogP contribution < -0.4 is 5.56 Å². The number of aromatic nitrogens is 2. The van der Waals surface area contributed by atoms with E-state index in [2.05, 4.69) is 9.72 Å². The minimum absolute atomic E-state index is 0.0550. The van der Waals surface area contributed by atoms with Crippen LogP contribution in [0.1, 0.15) is 11.1 Å². The number of esters is 1. The molecule has 0 fully saturated rings. The Morgan fingerprint density at radius 1 is 1.53 bits per heavy atom. The topological polar surface area (TPSA) is 60.7 Å². The molecule has 2 rings (SSSR count). The zero-order valence-electron chi connectivity index (χ0n) is 10.4. The minimum atomic E-state index is -0.565. The molecule has 0 bridgehead atoms. The average Bonchev–Trinajstić information content (AvgIpc) is 2.39. The van der Waals surface area contributed by atoms with Gasteiger partial charge in [0.2, 0.25) is 0 Å². The Bertz CT molecular complexity index is 734. The van der Waals surface area contributed by atoms with Gasteiger partial charge in [-0.25, -0.2) is 9.78 Å². The van der Waals surface area contributed by atoms with Gasteiger partial charge in [0.05, 0.1) is 12.7 Å². The van der Waals surface area contributed by atoms with Crippen LogP contribution in [-0.4, -0.2) is 22.5 Å². The molecule has 0 atom stereocenters. The third-order valence-electron chi connectivity index (χ3n) is 2.63. The average molecular weight is 279 g/mol. The summed E-state index contributed by atoms with van der Waals surface area (Å²) in [5.74, 6) is -0.565. The minimum Gasteiger partial charge on any atom is -0.466 e. The van der Waals surface area contributed by atoms with Gasteiger partial charge in [0.25, 0.3) is 5.56 Å². The van der Waals surface area contributed by atoms with E-state index < -0.39 is 5.97 Å². The number of nitrogens with zero attached hydrogens (tertiary/aromatic N) is 2. The first kappa shape index (κ1) is 13.3. The second kappa shape index (κ2) is 5.24. The molecular formula is C13H11ClN2O3. The highest BCUT2D eigenvalue weighted by Crippen LogP contribution is 2.14. The predicted molar refractivity (Wildman–Crippen MR) is 72.3 cm³/mol.